The third-order valence-corrected chi connectivity index (χ3v) is 4.72. The van der Waals surface area contributed by atoms with Crippen molar-refractivity contribution >= 4 is 11.9 Å². The molecular weight excluding hydrogens is 244 g/mol. The highest BCUT2D eigenvalue weighted by Crippen LogP contribution is 2.47. The van der Waals surface area contributed by atoms with Gasteiger partial charge in [-0.15, -0.1) is 0 Å². The van der Waals surface area contributed by atoms with Gasteiger partial charge >= 0.3 is 11.9 Å². The Morgan fingerprint density at radius 1 is 1.26 bits per heavy atom. The molecule has 0 aromatic rings. The van der Waals surface area contributed by atoms with Crippen molar-refractivity contribution in [2.45, 2.75) is 59.3 Å². The summed E-state index contributed by atoms with van der Waals surface area (Å²) in [5, 5.41) is 9.39. The second kappa shape index (κ2) is 6.92. The molecule has 0 amide bonds. The van der Waals surface area contributed by atoms with Crippen molar-refractivity contribution in [1.82, 2.24) is 0 Å². The molecule has 0 heterocycles. The summed E-state index contributed by atoms with van der Waals surface area (Å²) in [6.07, 6.45) is 5.75. The summed E-state index contributed by atoms with van der Waals surface area (Å²) in [5.74, 6) is -1.78. The first-order valence-corrected chi connectivity index (χ1v) is 7.40. The Bertz CT molecular complexity index is 320. The van der Waals surface area contributed by atoms with Gasteiger partial charge in [-0.2, -0.15) is 0 Å². The molecule has 19 heavy (non-hydrogen) atoms. The van der Waals surface area contributed by atoms with E-state index in [1.165, 1.54) is 6.42 Å². The Hall–Kier alpha value is -1.06. The number of hydrogen-bond acceptors (Lipinski definition) is 3. The molecule has 110 valence electrons. The normalized spacial score (nSPS) is 21.4. The first-order chi connectivity index (χ1) is 9.00. The van der Waals surface area contributed by atoms with E-state index < -0.39 is 17.3 Å². The minimum Gasteiger partial charge on any atom is -0.481 e. The SMILES string of the molecule is CCOC(=O)C(CC)(C1CCCCC1)C(C)C(=O)O. The third-order valence-electron chi connectivity index (χ3n) is 4.72. The van der Waals surface area contributed by atoms with Crippen molar-refractivity contribution in [2.24, 2.45) is 17.3 Å². The van der Waals surface area contributed by atoms with Gasteiger partial charge in [-0.3, -0.25) is 9.59 Å². The standard InChI is InChI=1S/C15H26O4/c1-4-15(11(3)13(16)17,14(18)19-5-2)12-9-7-6-8-10-12/h11-12H,4-10H2,1-3H3,(H,16,17). The van der Waals surface area contributed by atoms with Gasteiger partial charge in [0, 0.05) is 0 Å². The van der Waals surface area contributed by atoms with Crippen molar-refractivity contribution < 1.29 is 19.4 Å². The smallest absolute Gasteiger partial charge is 0.313 e. The molecule has 1 saturated carbocycles. The molecule has 4 heteroatoms. The van der Waals surface area contributed by atoms with Gasteiger partial charge in [-0.25, -0.2) is 0 Å². The minimum absolute atomic E-state index is 0.136. The van der Waals surface area contributed by atoms with Gasteiger partial charge in [0.1, 0.15) is 0 Å². The van der Waals surface area contributed by atoms with Crippen LogP contribution in [-0.4, -0.2) is 23.7 Å². The maximum absolute atomic E-state index is 12.5. The summed E-state index contributed by atoms with van der Waals surface area (Å²) in [7, 11) is 0. The largest absolute Gasteiger partial charge is 0.481 e. The molecule has 0 aromatic carbocycles. The lowest BCUT2D eigenvalue weighted by molar-refractivity contribution is -0.173. The molecule has 0 aromatic heterocycles. The van der Waals surface area contributed by atoms with Crippen LogP contribution in [0, 0.1) is 17.3 Å². The maximum atomic E-state index is 12.5. The Morgan fingerprint density at radius 3 is 2.26 bits per heavy atom. The van der Waals surface area contributed by atoms with Crippen molar-refractivity contribution in [3.63, 3.8) is 0 Å². The van der Waals surface area contributed by atoms with E-state index in [2.05, 4.69) is 0 Å². The van der Waals surface area contributed by atoms with Gasteiger partial charge < -0.3 is 9.84 Å². The third kappa shape index (κ3) is 3.10. The molecule has 0 aliphatic heterocycles. The average Bonchev–Trinajstić information content (AvgIpc) is 2.41. The monoisotopic (exact) mass is 270 g/mol. The van der Waals surface area contributed by atoms with E-state index in [1.807, 2.05) is 6.92 Å². The van der Waals surface area contributed by atoms with Crippen molar-refractivity contribution in [3.05, 3.63) is 0 Å². The molecule has 0 bridgehead atoms. The first-order valence-electron chi connectivity index (χ1n) is 7.40. The van der Waals surface area contributed by atoms with E-state index in [4.69, 9.17) is 4.74 Å². The summed E-state index contributed by atoms with van der Waals surface area (Å²) < 4.78 is 5.22. The number of carboxylic acids is 1. The van der Waals surface area contributed by atoms with Crippen LogP contribution in [0.25, 0.3) is 0 Å². The molecule has 1 N–H and O–H groups in total. The number of carbonyl (C=O) groups excluding carboxylic acids is 1. The summed E-state index contributed by atoms with van der Waals surface area (Å²) in [6.45, 7) is 5.63. The first kappa shape index (κ1) is 16.0. The highest BCUT2D eigenvalue weighted by atomic mass is 16.5. The van der Waals surface area contributed by atoms with Gasteiger partial charge in [0.05, 0.1) is 17.9 Å². The summed E-state index contributed by atoms with van der Waals surface area (Å²) in [5.41, 5.74) is -0.859. The molecule has 0 radical (unpaired) electrons. The lowest BCUT2D eigenvalue weighted by Crippen LogP contribution is -2.48. The van der Waals surface area contributed by atoms with Crippen molar-refractivity contribution in [3.8, 4) is 0 Å². The summed E-state index contributed by atoms with van der Waals surface area (Å²) >= 11 is 0. The molecule has 1 aliphatic carbocycles. The molecule has 0 saturated heterocycles. The van der Waals surface area contributed by atoms with Crippen LogP contribution in [0.4, 0.5) is 0 Å². The van der Waals surface area contributed by atoms with E-state index in [0.717, 1.165) is 25.7 Å². The lowest BCUT2D eigenvalue weighted by atomic mass is 9.61. The molecule has 2 atom stereocenters. The number of rotatable bonds is 6. The Labute approximate surface area is 115 Å². The van der Waals surface area contributed by atoms with E-state index in [9.17, 15) is 14.7 Å². The zero-order valence-corrected chi connectivity index (χ0v) is 12.3. The fraction of sp³-hybridized carbons (Fsp3) is 0.867. The van der Waals surface area contributed by atoms with Gasteiger partial charge in [-0.1, -0.05) is 33.1 Å². The van der Waals surface area contributed by atoms with Gasteiger partial charge in [0.2, 0.25) is 0 Å². The highest BCUT2D eigenvalue weighted by Gasteiger charge is 2.52. The van der Waals surface area contributed by atoms with Gasteiger partial charge in [-0.05, 0) is 32.1 Å². The number of ether oxygens (including phenoxy) is 1. The van der Waals surface area contributed by atoms with E-state index in [0.29, 0.717) is 13.0 Å². The fourth-order valence-electron chi connectivity index (χ4n) is 3.54. The quantitative estimate of drug-likeness (QED) is 0.752. The summed E-state index contributed by atoms with van der Waals surface area (Å²) in [6, 6.07) is 0. The predicted molar refractivity (Wildman–Crippen MR) is 72.7 cm³/mol. The van der Waals surface area contributed by atoms with Gasteiger partial charge in [0.25, 0.3) is 0 Å². The molecule has 4 nitrogen and oxygen atoms in total. The lowest BCUT2D eigenvalue weighted by Gasteiger charge is -2.42. The van der Waals surface area contributed by atoms with E-state index in [-0.39, 0.29) is 11.9 Å². The van der Waals surface area contributed by atoms with Crippen LogP contribution in [-0.2, 0) is 14.3 Å². The van der Waals surface area contributed by atoms with Crippen LogP contribution in [0.5, 0.6) is 0 Å². The van der Waals surface area contributed by atoms with Crippen LogP contribution < -0.4 is 0 Å². The second-order valence-electron chi connectivity index (χ2n) is 5.51. The number of esters is 1. The predicted octanol–water partition coefficient (Wildman–Crippen LogP) is 3.25. The molecule has 1 rings (SSSR count). The Balaban J connectivity index is 3.11. The minimum atomic E-state index is -0.902. The van der Waals surface area contributed by atoms with Crippen LogP contribution in [0.3, 0.4) is 0 Å². The number of carboxylic acid groups (broad SMARTS) is 1. The van der Waals surface area contributed by atoms with Crippen molar-refractivity contribution in [2.75, 3.05) is 6.61 Å². The molecule has 2 unspecified atom stereocenters. The fourth-order valence-corrected chi connectivity index (χ4v) is 3.54. The van der Waals surface area contributed by atoms with Crippen LogP contribution in [0.2, 0.25) is 0 Å². The van der Waals surface area contributed by atoms with E-state index in [1.54, 1.807) is 13.8 Å². The Kier molecular flexibility index (Phi) is 5.83. The number of carbonyl (C=O) groups is 2. The van der Waals surface area contributed by atoms with Crippen LogP contribution in [0.1, 0.15) is 59.3 Å². The maximum Gasteiger partial charge on any atom is 0.313 e. The molecule has 1 fully saturated rings. The average molecular weight is 270 g/mol. The molecule has 0 spiro atoms. The van der Waals surface area contributed by atoms with Crippen LogP contribution in [0.15, 0.2) is 0 Å². The number of hydrogen-bond donors (Lipinski definition) is 1. The van der Waals surface area contributed by atoms with Crippen molar-refractivity contribution in [1.29, 1.82) is 0 Å². The highest BCUT2D eigenvalue weighted by molar-refractivity contribution is 5.84. The van der Waals surface area contributed by atoms with E-state index >= 15 is 0 Å². The van der Waals surface area contributed by atoms with Gasteiger partial charge in [0.15, 0.2) is 0 Å². The molecular formula is C15H26O4. The topological polar surface area (TPSA) is 63.6 Å². The number of aliphatic carboxylic acids is 1. The summed E-state index contributed by atoms with van der Waals surface area (Å²) in [4.78, 5) is 23.9. The Morgan fingerprint density at radius 2 is 1.84 bits per heavy atom. The second-order valence-corrected chi connectivity index (χ2v) is 5.51. The molecule has 1 aliphatic rings. The van der Waals surface area contributed by atoms with Crippen LogP contribution >= 0.6 is 0 Å². The zero-order valence-electron chi connectivity index (χ0n) is 12.3. The zero-order chi connectivity index (χ0) is 14.5.